The first kappa shape index (κ1) is 36.9. The van der Waals surface area contributed by atoms with Crippen molar-refractivity contribution in [3.8, 4) is 0 Å². The van der Waals surface area contributed by atoms with E-state index in [4.69, 9.17) is 23.1 Å². The van der Waals surface area contributed by atoms with E-state index in [-0.39, 0.29) is 37.9 Å². The van der Waals surface area contributed by atoms with Gasteiger partial charge >= 0.3 is 6.09 Å². The van der Waals surface area contributed by atoms with Crippen molar-refractivity contribution < 1.29 is 36.3 Å². The van der Waals surface area contributed by atoms with Gasteiger partial charge in [-0.25, -0.2) is 4.79 Å². The van der Waals surface area contributed by atoms with Gasteiger partial charge in [-0.3, -0.25) is 9.08 Å². The Morgan fingerprint density at radius 2 is 0.981 bits per heavy atom. The highest BCUT2D eigenvalue weighted by atomic mass is 32.2. The first-order valence-electron chi connectivity index (χ1n) is 17.3. The molecule has 0 radical (unpaired) electrons. The zero-order chi connectivity index (χ0) is 36.2. The minimum absolute atomic E-state index is 0.00802. The fourth-order valence-corrected chi connectivity index (χ4v) is 7.09. The van der Waals surface area contributed by atoms with Crippen LogP contribution in [0.25, 0.3) is 0 Å². The standard InChI is InChI=1S/C42H43NO8S/c1-32-22-24-37(25-23-32)52(45,46)51-31-39-41(49-28-35-18-10-4-11-19-35)40(48-27-34-16-8-3-9-17-34)38(30-47-26-33-14-6-2-7-15-33)43(39)42(44)50-29-36-20-12-5-13-21-36/h2-25,38-41H,26-31H2,1H3/t38-,39+,40-,41-/m1/s1. The molecule has 1 amide bonds. The van der Waals surface area contributed by atoms with E-state index in [1.165, 1.54) is 17.0 Å². The summed E-state index contributed by atoms with van der Waals surface area (Å²) in [4.78, 5) is 15.8. The number of rotatable bonds is 16. The maximum Gasteiger partial charge on any atom is 0.410 e. The zero-order valence-electron chi connectivity index (χ0n) is 29.0. The summed E-state index contributed by atoms with van der Waals surface area (Å²) in [6.45, 7) is 2.22. The van der Waals surface area contributed by atoms with Crippen LogP contribution in [-0.2, 0) is 59.7 Å². The molecule has 0 spiro atoms. The number of likely N-dealkylation sites (tertiary alicyclic amines) is 1. The average Bonchev–Trinajstić information content (AvgIpc) is 3.48. The van der Waals surface area contributed by atoms with Crippen molar-refractivity contribution in [2.24, 2.45) is 0 Å². The van der Waals surface area contributed by atoms with Crippen LogP contribution in [-0.4, -0.2) is 56.9 Å². The lowest BCUT2D eigenvalue weighted by Crippen LogP contribution is -2.48. The Morgan fingerprint density at radius 1 is 0.558 bits per heavy atom. The molecule has 9 nitrogen and oxygen atoms in total. The predicted octanol–water partition coefficient (Wildman–Crippen LogP) is 7.48. The van der Waals surface area contributed by atoms with Gasteiger partial charge in [-0.2, -0.15) is 8.42 Å². The Morgan fingerprint density at radius 3 is 1.46 bits per heavy atom. The second-order valence-corrected chi connectivity index (χ2v) is 14.3. The van der Waals surface area contributed by atoms with Gasteiger partial charge in [0.25, 0.3) is 10.1 Å². The van der Waals surface area contributed by atoms with Crippen LogP contribution in [0.1, 0.15) is 27.8 Å². The summed E-state index contributed by atoms with van der Waals surface area (Å²) >= 11 is 0. The van der Waals surface area contributed by atoms with E-state index in [2.05, 4.69) is 0 Å². The van der Waals surface area contributed by atoms with E-state index in [1.54, 1.807) is 12.1 Å². The molecule has 0 unspecified atom stereocenters. The van der Waals surface area contributed by atoms with Crippen LogP contribution in [0.5, 0.6) is 0 Å². The fraction of sp³-hybridized carbons (Fsp3) is 0.262. The molecule has 1 fully saturated rings. The molecule has 6 rings (SSSR count). The fourth-order valence-electron chi connectivity index (χ4n) is 6.16. The molecule has 5 aromatic carbocycles. The Bertz CT molecular complexity index is 1930. The molecule has 0 aromatic heterocycles. The largest absolute Gasteiger partial charge is 0.445 e. The number of benzene rings is 5. The van der Waals surface area contributed by atoms with Gasteiger partial charge in [-0.05, 0) is 41.3 Å². The van der Waals surface area contributed by atoms with Gasteiger partial charge in [0, 0.05) is 0 Å². The van der Waals surface area contributed by atoms with Crippen LogP contribution in [0.2, 0.25) is 0 Å². The molecule has 10 heteroatoms. The van der Waals surface area contributed by atoms with E-state index >= 15 is 0 Å². The predicted molar refractivity (Wildman–Crippen MR) is 196 cm³/mol. The minimum atomic E-state index is -4.21. The molecule has 270 valence electrons. The number of hydrogen-bond acceptors (Lipinski definition) is 8. The molecule has 0 aliphatic carbocycles. The van der Waals surface area contributed by atoms with Crippen molar-refractivity contribution in [3.05, 3.63) is 173 Å². The Hall–Kier alpha value is -4.84. The lowest BCUT2D eigenvalue weighted by molar-refractivity contribution is -0.0881. The van der Waals surface area contributed by atoms with Crippen LogP contribution in [0.15, 0.2) is 150 Å². The number of nitrogens with zero attached hydrogens (tertiary/aromatic N) is 1. The second kappa shape index (κ2) is 18.1. The third-order valence-corrected chi connectivity index (χ3v) is 10.2. The molecule has 1 heterocycles. The summed E-state index contributed by atoms with van der Waals surface area (Å²) in [5.74, 6) is 0. The van der Waals surface area contributed by atoms with Gasteiger partial charge in [-0.1, -0.05) is 139 Å². The maximum atomic E-state index is 14.3. The van der Waals surface area contributed by atoms with Crippen LogP contribution in [0.3, 0.4) is 0 Å². The van der Waals surface area contributed by atoms with E-state index in [0.29, 0.717) is 0 Å². The zero-order valence-corrected chi connectivity index (χ0v) is 29.8. The Labute approximate surface area is 305 Å². The number of carbonyl (C=O) groups is 1. The van der Waals surface area contributed by atoms with Crippen LogP contribution < -0.4 is 0 Å². The summed E-state index contributed by atoms with van der Waals surface area (Å²) < 4.78 is 58.2. The molecule has 52 heavy (non-hydrogen) atoms. The molecule has 0 saturated carbocycles. The molecule has 1 saturated heterocycles. The van der Waals surface area contributed by atoms with Gasteiger partial charge in [0.05, 0.1) is 50.0 Å². The molecular weight excluding hydrogens is 679 g/mol. The lowest BCUT2D eigenvalue weighted by atomic mass is 10.1. The summed E-state index contributed by atoms with van der Waals surface area (Å²) in [6.07, 6.45) is -2.25. The summed E-state index contributed by atoms with van der Waals surface area (Å²) in [6, 6.07) is 43.1. The van der Waals surface area contributed by atoms with Crippen LogP contribution in [0, 0.1) is 6.92 Å². The van der Waals surface area contributed by atoms with Gasteiger partial charge in [0.1, 0.15) is 18.8 Å². The molecule has 0 bridgehead atoms. The van der Waals surface area contributed by atoms with Crippen molar-refractivity contribution in [1.29, 1.82) is 0 Å². The van der Waals surface area contributed by atoms with Gasteiger partial charge in [-0.15, -0.1) is 0 Å². The van der Waals surface area contributed by atoms with Gasteiger partial charge in [0.2, 0.25) is 0 Å². The molecule has 0 N–H and O–H groups in total. The summed E-state index contributed by atoms with van der Waals surface area (Å²) in [5.41, 5.74) is 4.50. The topological polar surface area (TPSA) is 101 Å². The number of ether oxygens (including phenoxy) is 4. The van der Waals surface area contributed by atoms with Crippen molar-refractivity contribution in [2.45, 2.75) is 62.5 Å². The maximum absolute atomic E-state index is 14.3. The van der Waals surface area contributed by atoms with E-state index in [0.717, 1.165) is 27.8 Å². The molecular formula is C42H43NO8S. The summed E-state index contributed by atoms with van der Waals surface area (Å²) in [7, 11) is -4.21. The van der Waals surface area contributed by atoms with E-state index in [1.807, 2.05) is 128 Å². The highest BCUT2D eigenvalue weighted by molar-refractivity contribution is 7.86. The monoisotopic (exact) mass is 721 g/mol. The van der Waals surface area contributed by atoms with Crippen molar-refractivity contribution in [2.75, 3.05) is 13.2 Å². The molecule has 1 aliphatic heterocycles. The quantitative estimate of drug-likeness (QED) is 0.0968. The van der Waals surface area contributed by atoms with Crippen LogP contribution in [0.4, 0.5) is 4.79 Å². The van der Waals surface area contributed by atoms with Crippen molar-refractivity contribution >= 4 is 16.2 Å². The highest BCUT2D eigenvalue weighted by Gasteiger charge is 2.54. The van der Waals surface area contributed by atoms with E-state index in [9.17, 15) is 13.2 Å². The minimum Gasteiger partial charge on any atom is -0.445 e. The first-order valence-corrected chi connectivity index (χ1v) is 18.7. The van der Waals surface area contributed by atoms with Crippen molar-refractivity contribution in [3.63, 3.8) is 0 Å². The SMILES string of the molecule is Cc1ccc(S(=O)(=O)OC[C@H]2[C@@H](OCc3ccccc3)[C@H](OCc3ccccc3)[C@@H](COCc3ccccc3)N2C(=O)OCc2ccccc2)cc1. The molecule has 4 atom stereocenters. The second-order valence-electron chi connectivity index (χ2n) is 12.7. The van der Waals surface area contributed by atoms with Crippen molar-refractivity contribution in [1.82, 2.24) is 4.90 Å². The Kier molecular flexibility index (Phi) is 12.8. The van der Waals surface area contributed by atoms with E-state index < -0.39 is 47.1 Å². The number of carbonyl (C=O) groups excluding carboxylic acids is 1. The number of hydrogen-bond donors (Lipinski definition) is 0. The smallest absolute Gasteiger partial charge is 0.410 e. The first-order chi connectivity index (χ1) is 25.4. The highest BCUT2D eigenvalue weighted by Crippen LogP contribution is 2.34. The Balaban J connectivity index is 1.35. The average molecular weight is 722 g/mol. The number of amides is 1. The normalized spacial score (nSPS) is 18.7. The molecule has 5 aromatic rings. The third-order valence-electron chi connectivity index (χ3n) is 8.89. The third kappa shape index (κ3) is 9.93. The molecule has 1 aliphatic rings. The summed E-state index contributed by atoms with van der Waals surface area (Å²) in [5, 5.41) is 0. The van der Waals surface area contributed by atoms with Gasteiger partial charge < -0.3 is 18.9 Å². The lowest BCUT2D eigenvalue weighted by Gasteiger charge is -2.30. The van der Waals surface area contributed by atoms with Crippen LogP contribution >= 0.6 is 0 Å². The van der Waals surface area contributed by atoms with Gasteiger partial charge in [0.15, 0.2) is 0 Å². The number of aryl methyl sites for hydroxylation is 1.